The van der Waals surface area contributed by atoms with Gasteiger partial charge < -0.3 is 10.2 Å². The standard InChI is InChI=1S/C17H26N2O3S/c1-2-10-18-17(20)15-8-11-19(12-9-15)13-14-23(21,22)16-6-4-3-5-7-16/h3-7,15H,2,8-14H2,1H3,(H,18,20). The second-order valence-corrected chi connectivity index (χ2v) is 8.15. The number of piperidine rings is 1. The van der Waals surface area contributed by atoms with Crippen molar-refractivity contribution in [3.8, 4) is 0 Å². The largest absolute Gasteiger partial charge is 0.356 e. The fourth-order valence-corrected chi connectivity index (χ4v) is 4.11. The van der Waals surface area contributed by atoms with E-state index in [4.69, 9.17) is 0 Å². The van der Waals surface area contributed by atoms with Crippen LogP contribution in [-0.4, -0.2) is 51.2 Å². The first-order valence-electron chi connectivity index (χ1n) is 8.31. The Morgan fingerprint density at radius 1 is 1.22 bits per heavy atom. The van der Waals surface area contributed by atoms with E-state index < -0.39 is 9.84 Å². The molecule has 0 aromatic heterocycles. The van der Waals surface area contributed by atoms with Crippen molar-refractivity contribution in [2.75, 3.05) is 31.9 Å². The Kier molecular flexibility index (Phi) is 6.59. The maximum Gasteiger partial charge on any atom is 0.223 e. The van der Waals surface area contributed by atoms with Crippen LogP contribution in [-0.2, 0) is 14.6 Å². The SMILES string of the molecule is CCCNC(=O)C1CCN(CCS(=O)(=O)c2ccccc2)CC1. The molecule has 0 aliphatic carbocycles. The van der Waals surface area contributed by atoms with Crippen molar-refractivity contribution in [1.29, 1.82) is 0 Å². The van der Waals surface area contributed by atoms with Crippen LogP contribution in [0.1, 0.15) is 26.2 Å². The van der Waals surface area contributed by atoms with Crippen molar-refractivity contribution in [3.05, 3.63) is 30.3 Å². The van der Waals surface area contributed by atoms with Gasteiger partial charge in [-0.3, -0.25) is 4.79 Å². The number of rotatable bonds is 7. The fraction of sp³-hybridized carbons (Fsp3) is 0.588. The minimum Gasteiger partial charge on any atom is -0.356 e. The highest BCUT2D eigenvalue weighted by Gasteiger charge is 2.25. The number of benzene rings is 1. The van der Waals surface area contributed by atoms with Crippen molar-refractivity contribution in [1.82, 2.24) is 10.2 Å². The third kappa shape index (κ3) is 5.32. The fourth-order valence-electron chi connectivity index (χ4n) is 2.81. The van der Waals surface area contributed by atoms with Crippen LogP contribution in [0, 0.1) is 5.92 Å². The van der Waals surface area contributed by atoms with Crippen LogP contribution >= 0.6 is 0 Å². The molecule has 23 heavy (non-hydrogen) atoms. The van der Waals surface area contributed by atoms with Gasteiger partial charge in [0.05, 0.1) is 10.6 Å². The molecule has 0 saturated carbocycles. The smallest absolute Gasteiger partial charge is 0.223 e. The molecule has 1 aromatic rings. The number of nitrogens with zero attached hydrogens (tertiary/aromatic N) is 1. The van der Waals surface area contributed by atoms with Crippen LogP contribution in [0.2, 0.25) is 0 Å². The quantitative estimate of drug-likeness (QED) is 0.822. The molecule has 1 aromatic carbocycles. The molecule has 1 saturated heterocycles. The number of carbonyl (C=O) groups is 1. The molecule has 1 N–H and O–H groups in total. The molecule has 0 radical (unpaired) electrons. The maximum atomic E-state index is 12.3. The molecule has 1 fully saturated rings. The first kappa shape index (κ1) is 17.9. The zero-order valence-corrected chi connectivity index (χ0v) is 14.5. The maximum absolute atomic E-state index is 12.3. The molecule has 0 spiro atoms. The number of amides is 1. The van der Waals surface area contributed by atoms with Crippen LogP contribution in [0.4, 0.5) is 0 Å². The molecular weight excluding hydrogens is 312 g/mol. The zero-order valence-electron chi connectivity index (χ0n) is 13.7. The molecular formula is C17H26N2O3S. The van der Waals surface area contributed by atoms with Crippen LogP contribution in [0.5, 0.6) is 0 Å². The monoisotopic (exact) mass is 338 g/mol. The van der Waals surface area contributed by atoms with Gasteiger partial charge in [-0.25, -0.2) is 8.42 Å². The summed E-state index contributed by atoms with van der Waals surface area (Å²) in [6.45, 7) is 4.87. The van der Waals surface area contributed by atoms with Crippen LogP contribution in [0.3, 0.4) is 0 Å². The van der Waals surface area contributed by atoms with Gasteiger partial charge in [-0.1, -0.05) is 25.1 Å². The molecule has 128 valence electrons. The van der Waals surface area contributed by atoms with Gasteiger partial charge >= 0.3 is 0 Å². The first-order chi connectivity index (χ1) is 11.0. The van der Waals surface area contributed by atoms with Crippen molar-refractivity contribution >= 4 is 15.7 Å². The Morgan fingerprint density at radius 2 is 1.87 bits per heavy atom. The summed E-state index contributed by atoms with van der Waals surface area (Å²) in [6, 6.07) is 8.58. The number of nitrogens with one attached hydrogen (secondary N) is 1. The Labute approximate surface area is 139 Å². The van der Waals surface area contributed by atoms with Gasteiger partial charge in [-0.15, -0.1) is 0 Å². The summed E-state index contributed by atoms with van der Waals surface area (Å²) in [5.41, 5.74) is 0. The molecule has 0 bridgehead atoms. The lowest BCUT2D eigenvalue weighted by Gasteiger charge is -2.31. The normalized spacial score (nSPS) is 17.1. The summed E-state index contributed by atoms with van der Waals surface area (Å²) in [4.78, 5) is 14.5. The van der Waals surface area contributed by atoms with E-state index in [2.05, 4.69) is 10.2 Å². The highest BCUT2D eigenvalue weighted by molar-refractivity contribution is 7.91. The Balaban J connectivity index is 1.78. The second-order valence-electron chi connectivity index (χ2n) is 6.04. The molecule has 6 heteroatoms. The average Bonchev–Trinajstić information content (AvgIpc) is 2.59. The van der Waals surface area contributed by atoms with E-state index in [-0.39, 0.29) is 17.6 Å². The Bertz CT molecular complexity index is 594. The molecule has 1 aliphatic heterocycles. The van der Waals surface area contributed by atoms with E-state index in [1.165, 1.54) is 0 Å². The van der Waals surface area contributed by atoms with Gasteiger partial charge in [0.25, 0.3) is 0 Å². The van der Waals surface area contributed by atoms with E-state index in [0.29, 0.717) is 11.4 Å². The number of hydrogen-bond acceptors (Lipinski definition) is 4. The predicted octanol–water partition coefficient (Wildman–Crippen LogP) is 1.70. The number of likely N-dealkylation sites (tertiary alicyclic amines) is 1. The van der Waals surface area contributed by atoms with Crippen molar-refractivity contribution in [2.24, 2.45) is 5.92 Å². The summed E-state index contributed by atoms with van der Waals surface area (Å²) < 4.78 is 24.5. The van der Waals surface area contributed by atoms with E-state index in [1.54, 1.807) is 24.3 Å². The van der Waals surface area contributed by atoms with Gasteiger partial charge in [-0.05, 0) is 44.5 Å². The van der Waals surface area contributed by atoms with Gasteiger partial charge in [0.2, 0.25) is 5.91 Å². The second kappa shape index (κ2) is 8.45. The van der Waals surface area contributed by atoms with Gasteiger partial charge in [0, 0.05) is 19.0 Å². The van der Waals surface area contributed by atoms with E-state index in [0.717, 1.165) is 38.9 Å². The zero-order chi connectivity index (χ0) is 16.7. The lowest BCUT2D eigenvalue weighted by Crippen LogP contribution is -2.42. The van der Waals surface area contributed by atoms with E-state index in [1.807, 2.05) is 13.0 Å². The van der Waals surface area contributed by atoms with Crippen LogP contribution < -0.4 is 5.32 Å². The molecule has 1 amide bonds. The summed E-state index contributed by atoms with van der Waals surface area (Å²) in [5, 5.41) is 2.94. The van der Waals surface area contributed by atoms with Crippen molar-refractivity contribution in [3.63, 3.8) is 0 Å². The first-order valence-corrected chi connectivity index (χ1v) is 9.96. The van der Waals surface area contributed by atoms with Crippen LogP contribution in [0.25, 0.3) is 0 Å². The van der Waals surface area contributed by atoms with Gasteiger partial charge in [-0.2, -0.15) is 0 Å². The van der Waals surface area contributed by atoms with Crippen LogP contribution in [0.15, 0.2) is 35.2 Å². The van der Waals surface area contributed by atoms with Crippen molar-refractivity contribution in [2.45, 2.75) is 31.1 Å². The minimum absolute atomic E-state index is 0.0727. The topological polar surface area (TPSA) is 66.5 Å². The molecule has 0 unspecified atom stereocenters. The molecule has 1 aliphatic rings. The minimum atomic E-state index is -3.22. The summed E-state index contributed by atoms with van der Waals surface area (Å²) in [5.74, 6) is 0.343. The highest BCUT2D eigenvalue weighted by Crippen LogP contribution is 2.18. The van der Waals surface area contributed by atoms with E-state index >= 15 is 0 Å². The van der Waals surface area contributed by atoms with Crippen molar-refractivity contribution < 1.29 is 13.2 Å². The average molecular weight is 338 g/mol. The molecule has 0 atom stereocenters. The molecule has 1 heterocycles. The third-order valence-corrected chi connectivity index (χ3v) is 6.00. The predicted molar refractivity (Wildman–Crippen MR) is 91.0 cm³/mol. The van der Waals surface area contributed by atoms with E-state index in [9.17, 15) is 13.2 Å². The highest BCUT2D eigenvalue weighted by atomic mass is 32.2. The number of carbonyl (C=O) groups excluding carboxylic acids is 1. The van der Waals surface area contributed by atoms with Gasteiger partial charge in [0.15, 0.2) is 9.84 Å². The summed E-state index contributed by atoms with van der Waals surface area (Å²) >= 11 is 0. The summed E-state index contributed by atoms with van der Waals surface area (Å²) in [6.07, 6.45) is 2.56. The molecule has 2 rings (SSSR count). The lowest BCUT2D eigenvalue weighted by molar-refractivity contribution is -0.126. The Morgan fingerprint density at radius 3 is 2.48 bits per heavy atom. The molecule has 5 nitrogen and oxygen atoms in total. The third-order valence-electron chi connectivity index (χ3n) is 4.29. The lowest BCUT2D eigenvalue weighted by atomic mass is 9.96. The Hall–Kier alpha value is -1.40. The van der Waals surface area contributed by atoms with Gasteiger partial charge in [0.1, 0.15) is 0 Å². The number of hydrogen-bond donors (Lipinski definition) is 1. The number of sulfone groups is 1. The summed E-state index contributed by atoms with van der Waals surface area (Å²) in [7, 11) is -3.22.